The molecule has 1 aromatic rings. The normalized spacial score (nSPS) is 12.0. The number of nitrogens with two attached hydrogens (primary N) is 1. The van der Waals surface area contributed by atoms with Crippen molar-refractivity contribution in [2.45, 2.75) is 38.8 Å². The van der Waals surface area contributed by atoms with Gasteiger partial charge in [-0.2, -0.15) is 4.98 Å². The predicted octanol–water partition coefficient (Wildman–Crippen LogP) is 1.19. The molecule has 0 aliphatic rings. The average Bonchev–Trinajstić information content (AvgIpc) is 2.71. The Morgan fingerprint density at radius 2 is 2.07 bits per heavy atom. The van der Waals surface area contributed by atoms with Gasteiger partial charge in [-0.15, -0.1) is 0 Å². The summed E-state index contributed by atoms with van der Waals surface area (Å²) in [5, 5.41) is 3.88. The van der Waals surface area contributed by atoms with Crippen LogP contribution < -0.4 is 5.73 Å². The zero-order valence-electron chi connectivity index (χ0n) is 8.91. The zero-order valence-corrected chi connectivity index (χ0v) is 8.91. The van der Waals surface area contributed by atoms with Gasteiger partial charge in [0.05, 0.1) is 6.54 Å². The molecule has 0 radical (unpaired) electrons. The molecule has 0 atom stereocenters. The van der Waals surface area contributed by atoms with Crippen molar-refractivity contribution in [1.29, 1.82) is 0 Å². The van der Waals surface area contributed by atoms with Gasteiger partial charge in [-0.1, -0.05) is 19.0 Å². The first-order valence-electron chi connectivity index (χ1n) is 4.80. The third-order valence-electron chi connectivity index (χ3n) is 2.58. The largest absolute Gasteiger partial charge is 0.370 e. The number of hydrogen-bond donors (Lipinski definition) is 1. The maximum absolute atomic E-state index is 5.45. The second-order valence-corrected chi connectivity index (χ2v) is 3.12. The van der Waals surface area contributed by atoms with Crippen LogP contribution in [0.15, 0.2) is 4.52 Å². The fourth-order valence-electron chi connectivity index (χ4n) is 1.47. The highest BCUT2D eigenvalue weighted by Gasteiger charge is 2.33. The van der Waals surface area contributed by atoms with Crippen LogP contribution in [0.3, 0.4) is 0 Å². The summed E-state index contributed by atoms with van der Waals surface area (Å²) in [7, 11) is 1.66. The summed E-state index contributed by atoms with van der Waals surface area (Å²) >= 11 is 0. The number of aromatic nitrogens is 2. The number of rotatable bonds is 5. The van der Waals surface area contributed by atoms with E-state index in [9.17, 15) is 0 Å². The van der Waals surface area contributed by atoms with Gasteiger partial charge in [0.1, 0.15) is 5.60 Å². The highest BCUT2D eigenvalue weighted by Crippen LogP contribution is 2.29. The van der Waals surface area contributed by atoms with Crippen molar-refractivity contribution < 1.29 is 9.26 Å². The smallest absolute Gasteiger partial charge is 0.240 e. The van der Waals surface area contributed by atoms with Crippen LogP contribution in [0.5, 0.6) is 0 Å². The molecule has 0 aromatic carbocycles. The lowest BCUT2D eigenvalue weighted by molar-refractivity contribution is -0.0306. The van der Waals surface area contributed by atoms with Gasteiger partial charge in [0.15, 0.2) is 0 Å². The number of ether oxygens (including phenoxy) is 1. The van der Waals surface area contributed by atoms with Crippen molar-refractivity contribution in [3.8, 4) is 0 Å². The molecule has 1 aromatic heterocycles. The average molecular weight is 199 g/mol. The quantitative estimate of drug-likeness (QED) is 0.771. The molecule has 0 aliphatic heterocycles. The highest BCUT2D eigenvalue weighted by atomic mass is 16.5. The summed E-state index contributed by atoms with van der Waals surface area (Å²) < 4.78 is 10.4. The Balaban J connectivity index is 2.98. The summed E-state index contributed by atoms with van der Waals surface area (Å²) in [4.78, 5) is 4.19. The maximum atomic E-state index is 5.45. The number of nitrogens with zero attached hydrogens (tertiary/aromatic N) is 2. The Kier molecular flexibility index (Phi) is 3.60. The van der Waals surface area contributed by atoms with Gasteiger partial charge in [-0.25, -0.2) is 0 Å². The van der Waals surface area contributed by atoms with Crippen LogP contribution in [-0.4, -0.2) is 17.3 Å². The predicted molar refractivity (Wildman–Crippen MR) is 51.5 cm³/mol. The summed E-state index contributed by atoms with van der Waals surface area (Å²) in [5.74, 6) is 1.04. The van der Waals surface area contributed by atoms with Crippen LogP contribution >= 0.6 is 0 Å². The topological polar surface area (TPSA) is 74.2 Å². The molecular weight excluding hydrogens is 182 g/mol. The standard InChI is InChI=1S/C9H17N3O2/c1-4-9(5-2,13-3)8-11-7(6-10)14-12-8/h4-6,10H2,1-3H3. The van der Waals surface area contributed by atoms with Gasteiger partial charge in [0, 0.05) is 7.11 Å². The van der Waals surface area contributed by atoms with E-state index in [0.29, 0.717) is 11.7 Å². The van der Waals surface area contributed by atoms with Gasteiger partial charge in [0.25, 0.3) is 0 Å². The molecule has 14 heavy (non-hydrogen) atoms. The second-order valence-electron chi connectivity index (χ2n) is 3.12. The van der Waals surface area contributed by atoms with Gasteiger partial charge in [-0.3, -0.25) is 0 Å². The first-order valence-corrected chi connectivity index (χ1v) is 4.80. The van der Waals surface area contributed by atoms with Crippen LogP contribution in [-0.2, 0) is 16.9 Å². The lowest BCUT2D eigenvalue weighted by Crippen LogP contribution is -2.28. The SMILES string of the molecule is CCC(CC)(OC)c1noc(CN)n1. The molecule has 2 N–H and O–H groups in total. The molecule has 5 heteroatoms. The molecule has 0 saturated carbocycles. The van der Waals surface area contributed by atoms with Gasteiger partial charge in [-0.05, 0) is 12.8 Å². The molecule has 0 fully saturated rings. The van der Waals surface area contributed by atoms with E-state index in [1.807, 2.05) is 13.8 Å². The summed E-state index contributed by atoms with van der Waals surface area (Å²) in [6, 6.07) is 0. The van der Waals surface area contributed by atoms with Gasteiger partial charge < -0.3 is 15.0 Å². The Morgan fingerprint density at radius 3 is 2.43 bits per heavy atom. The van der Waals surface area contributed by atoms with E-state index >= 15 is 0 Å². The molecule has 80 valence electrons. The minimum Gasteiger partial charge on any atom is -0.370 e. The van der Waals surface area contributed by atoms with E-state index in [-0.39, 0.29) is 6.54 Å². The minimum atomic E-state index is -0.434. The van der Waals surface area contributed by atoms with E-state index in [4.69, 9.17) is 15.0 Å². The number of methoxy groups -OCH3 is 1. The van der Waals surface area contributed by atoms with Crippen molar-refractivity contribution in [2.24, 2.45) is 5.73 Å². The zero-order chi connectivity index (χ0) is 10.6. The molecule has 1 rings (SSSR count). The van der Waals surface area contributed by atoms with E-state index in [2.05, 4.69) is 10.1 Å². The fraction of sp³-hybridized carbons (Fsp3) is 0.778. The highest BCUT2D eigenvalue weighted by molar-refractivity contribution is 5.00. The van der Waals surface area contributed by atoms with E-state index in [0.717, 1.165) is 12.8 Å². The monoisotopic (exact) mass is 199 g/mol. The van der Waals surface area contributed by atoms with E-state index in [1.54, 1.807) is 7.11 Å². The molecule has 0 unspecified atom stereocenters. The fourth-order valence-corrected chi connectivity index (χ4v) is 1.47. The van der Waals surface area contributed by atoms with Crippen molar-refractivity contribution in [3.63, 3.8) is 0 Å². The van der Waals surface area contributed by atoms with Crippen molar-refractivity contribution in [1.82, 2.24) is 10.1 Å². The van der Waals surface area contributed by atoms with Crippen LogP contribution in [0.4, 0.5) is 0 Å². The summed E-state index contributed by atoms with van der Waals surface area (Å²) in [5.41, 5.74) is 4.96. The Hall–Kier alpha value is -0.940. The molecule has 0 aliphatic carbocycles. The molecule has 0 saturated heterocycles. The Bertz CT molecular complexity index is 273. The Labute approximate surface area is 83.6 Å². The minimum absolute atomic E-state index is 0.264. The molecular formula is C9H17N3O2. The first kappa shape index (κ1) is 11.1. The number of hydrogen-bond acceptors (Lipinski definition) is 5. The van der Waals surface area contributed by atoms with Crippen molar-refractivity contribution >= 4 is 0 Å². The maximum Gasteiger partial charge on any atom is 0.240 e. The molecule has 0 spiro atoms. The van der Waals surface area contributed by atoms with Gasteiger partial charge >= 0.3 is 0 Å². The summed E-state index contributed by atoms with van der Waals surface area (Å²) in [6.45, 7) is 4.33. The van der Waals surface area contributed by atoms with Crippen LogP contribution in [0.1, 0.15) is 38.4 Å². The van der Waals surface area contributed by atoms with E-state index < -0.39 is 5.60 Å². The summed E-state index contributed by atoms with van der Waals surface area (Å²) in [6.07, 6.45) is 1.62. The lowest BCUT2D eigenvalue weighted by atomic mass is 9.96. The van der Waals surface area contributed by atoms with Crippen molar-refractivity contribution in [2.75, 3.05) is 7.11 Å². The van der Waals surface area contributed by atoms with Crippen molar-refractivity contribution in [3.05, 3.63) is 11.7 Å². The lowest BCUT2D eigenvalue weighted by Gasteiger charge is -2.25. The second kappa shape index (κ2) is 4.52. The third kappa shape index (κ3) is 1.78. The Morgan fingerprint density at radius 1 is 1.43 bits per heavy atom. The molecule has 1 heterocycles. The molecule has 5 nitrogen and oxygen atoms in total. The van der Waals surface area contributed by atoms with Crippen LogP contribution in [0, 0.1) is 0 Å². The first-order chi connectivity index (χ1) is 6.72. The van der Waals surface area contributed by atoms with Crippen LogP contribution in [0.2, 0.25) is 0 Å². The molecule has 0 amide bonds. The molecule has 0 bridgehead atoms. The third-order valence-corrected chi connectivity index (χ3v) is 2.58. The van der Waals surface area contributed by atoms with Crippen LogP contribution in [0.25, 0.3) is 0 Å². The van der Waals surface area contributed by atoms with E-state index in [1.165, 1.54) is 0 Å². The van der Waals surface area contributed by atoms with Gasteiger partial charge in [0.2, 0.25) is 11.7 Å².